The van der Waals surface area contributed by atoms with Crippen LogP contribution in [-0.4, -0.2) is 15.8 Å². The number of carbonyl (C=O) groups is 1. The summed E-state index contributed by atoms with van der Waals surface area (Å²) in [6.07, 6.45) is 3.50. The number of hydrogen-bond acceptors (Lipinski definition) is 5. The summed E-state index contributed by atoms with van der Waals surface area (Å²) in [6.45, 7) is 0. The third kappa shape index (κ3) is 2.63. The molecule has 2 heterocycles. The highest BCUT2D eigenvalue weighted by atomic mass is 79.9. The minimum atomic E-state index is -0.512. The molecule has 3 rings (SSSR count). The van der Waals surface area contributed by atoms with Crippen LogP contribution in [0.25, 0.3) is 6.08 Å². The zero-order chi connectivity index (χ0) is 14.1. The largest absolute Gasteiger partial charge is 0.297 e. The summed E-state index contributed by atoms with van der Waals surface area (Å²) in [5, 5.41) is 10.9. The van der Waals surface area contributed by atoms with E-state index >= 15 is 0 Å². The lowest BCUT2D eigenvalue weighted by atomic mass is 10.1. The van der Waals surface area contributed by atoms with Gasteiger partial charge in [0.05, 0.1) is 9.95 Å². The van der Waals surface area contributed by atoms with Gasteiger partial charge in [0.1, 0.15) is 10.9 Å². The third-order valence-electron chi connectivity index (χ3n) is 2.85. The Hall–Kier alpha value is -1.24. The van der Waals surface area contributed by atoms with Crippen molar-refractivity contribution in [3.05, 3.63) is 55.8 Å². The van der Waals surface area contributed by atoms with Crippen LogP contribution in [0.4, 0.5) is 0 Å². The quantitative estimate of drug-likeness (QED) is 0.807. The molecule has 1 aromatic heterocycles. The molecule has 0 radical (unpaired) electrons. The van der Waals surface area contributed by atoms with Crippen molar-refractivity contribution in [1.82, 2.24) is 4.98 Å². The molecule has 0 saturated carbocycles. The molecule has 1 fully saturated rings. The number of nitrogens with one attached hydrogen (secondary N) is 1. The van der Waals surface area contributed by atoms with Gasteiger partial charge in [0, 0.05) is 16.0 Å². The van der Waals surface area contributed by atoms with Gasteiger partial charge in [-0.3, -0.25) is 10.2 Å². The Kier molecular flexibility index (Phi) is 3.87. The molecule has 0 aliphatic carbocycles. The van der Waals surface area contributed by atoms with E-state index in [4.69, 9.17) is 5.41 Å². The van der Waals surface area contributed by atoms with Gasteiger partial charge in [-0.15, -0.1) is 11.3 Å². The fourth-order valence-electron chi connectivity index (χ4n) is 1.90. The van der Waals surface area contributed by atoms with Crippen molar-refractivity contribution in [3.8, 4) is 0 Å². The van der Waals surface area contributed by atoms with Gasteiger partial charge in [-0.2, -0.15) is 0 Å². The van der Waals surface area contributed by atoms with Crippen molar-refractivity contribution in [3.63, 3.8) is 0 Å². The Labute approximate surface area is 132 Å². The number of carbonyl (C=O) groups excluding carboxylic acids is 1. The molecular formula is C14H9BrN2OS2. The Bertz CT molecular complexity index is 692. The van der Waals surface area contributed by atoms with Crippen LogP contribution in [0.5, 0.6) is 0 Å². The highest BCUT2D eigenvalue weighted by molar-refractivity contribution is 9.10. The van der Waals surface area contributed by atoms with E-state index in [2.05, 4.69) is 20.9 Å². The van der Waals surface area contributed by atoms with Crippen molar-refractivity contribution in [2.24, 2.45) is 0 Å². The van der Waals surface area contributed by atoms with Crippen LogP contribution in [0.2, 0.25) is 0 Å². The van der Waals surface area contributed by atoms with Crippen LogP contribution in [-0.2, 0) is 4.79 Å². The second-order valence-corrected chi connectivity index (χ2v) is 7.12. The Balaban J connectivity index is 1.91. The maximum absolute atomic E-state index is 12.4. The van der Waals surface area contributed by atoms with E-state index in [9.17, 15) is 4.79 Å². The smallest absolute Gasteiger partial charge is 0.186 e. The predicted octanol–water partition coefficient (Wildman–Crippen LogP) is 4.32. The summed E-state index contributed by atoms with van der Waals surface area (Å²) in [7, 11) is 0. The van der Waals surface area contributed by atoms with Gasteiger partial charge in [-0.1, -0.05) is 39.8 Å². The molecule has 1 aromatic carbocycles. The normalized spacial score (nSPS) is 20.9. The van der Waals surface area contributed by atoms with Crippen molar-refractivity contribution >= 4 is 55.9 Å². The lowest BCUT2D eigenvalue weighted by Gasteiger charge is -2.01. The molecule has 1 aliphatic heterocycles. The number of halogens is 1. The zero-order valence-electron chi connectivity index (χ0n) is 10.2. The van der Waals surface area contributed by atoms with E-state index in [0.29, 0.717) is 15.0 Å². The van der Waals surface area contributed by atoms with Crippen molar-refractivity contribution < 1.29 is 4.79 Å². The highest BCUT2D eigenvalue weighted by Gasteiger charge is 2.38. The average Bonchev–Trinajstić information content (AvgIpc) is 3.02. The molecule has 2 aromatic rings. The summed E-state index contributed by atoms with van der Waals surface area (Å²) in [6, 6.07) is 7.73. The molecule has 0 spiro atoms. The number of Topliss-reactive ketones (excluding diaryl/α,β-unsaturated/α-hetero) is 1. The number of ketones is 1. The second-order valence-electron chi connectivity index (χ2n) is 4.19. The second kappa shape index (κ2) is 5.63. The molecule has 1 saturated heterocycles. The molecule has 3 nitrogen and oxygen atoms in total. The van der Waals surface area contributed by atoms with Gasteiger partial charge in [0.2, 0.25) is 0 Å². The van der Waals surface area contributed by atoms with Gasteiger partial charge >= 0.3 is 0 Å². The minimum absolute atomic E-state index is 0.0298. The Morgan fingerprint density at radius 2 is 2.05 bits per heavy atom. The molecule has 1 N–H and O–H groups in total. The molecule has 20 heavy (non-hydrogen) atoms. The summed E-state index contributed by atoms with van der Waals surface area (Å²) >= 11 is 6.03. The first-order valence-electron chi connectivity index (χ1n) is 5.82. The number of nitrogens with zero attached hydrogens (tertiary/aromatic N) is 1. The number of allylic oxidation sites excluding steroid dienone is 1. The van der Waals surface area contributed by atoms with Gasteiger partial charge in [0.25, 0.3) is 0 Å². The third-order valence-corrected chi connectivity index (χ3v) is 5.22. The minimum Gasteiger partial charge on any atom is -0.297 e. The standard InChI is InChI=1S/C14H9BrN2OS2/c15-9-3-1-8(2-4-9)7-10-12(18)11(13(16)20-10)14-17-5-6-19-14/h1-7,11,16H. The SMILES string of the molecule is N=C1SC(=Cc2ccc(Br)cc2)C(=O)C1c1nccs1. The first-order chi connectivity index (χ1) is 9.65. The highest BCUT2D eigenvalue weighted by Crippen LogP contribution is 2.41. The molecule has 1 atom stereocenters. The zero-order valence-corrected chi connectivity index (χ0v) is 13.4. The molecule has 1 aliphatic rings. The van der Waals surface area contributed by atoms with Crippen LogP contribution < -0.4 is 0 Å². The van der Waals surface area contributed by atoms with E-state index in [1.54, 1.807) is 6.20 Å². The van der Waals surface area contributed by atoms with Gasteiger partial charge in [-0.05, 0) is 23.8 Å². The predicted molar refractivity (Wildman–Crippen MR) is 87.3 cm³/mol. The molecule has 100 valence electrons. The molecule has 1 unspecified atom stereocenters. The van der Waals surface area contributed by atoms with E-state index in [0.717, 1.165) is 10.0 Å². The Morgan fingerprint density at radius 3 is 2.70 bits per heavy atom. The van der Waals surface area contributed by atoms with Crippen LogP contribution in [0, 0.1) is 5.41 Å². The van der Waals surface area contributed by atoms with Crippen LogP contribution in [0.3, 0.4) is 0 Å². The molecule has 0 bridgehead atoms. The number of thiazole rings is 1. The number of aromatic nitrogens is 1. The summed E-state index contributed by atoms with van der Waals surface area (Å²) in [5.41, 5.74) is 0.955. The van der Waals surface area contributed by atoms with E-state index < -0.39 is 5.92 Å². The van der Waals surface area contributed by atoms with Crippen molar-refractivity contribution in [2.45, 2.75) is 5.92 Å². The maximum Gasteiger partial charge on any atom is 0.186 e. The fraction of sp³-hybridized carbons (Fsp3) is 0.0714. The van der Waals surface area contributed by atoms with Gasteiger partial charge in [0.15, 0.2) is 5.78 Å². The summed E-state index contributed by atoms with van der Waals surface area (Å²) in [5.74, 6) is -0.542. The topological polar surface area (TPSA) is 53.8 Å². The lowest BCUT2D eigenvalue weighted by molar-refractivity contribution is -0.114. The van der Waals surface area contributed by atoms with Crippen LogP contribution in [0.15, 0.2) is 45.2 Å². The first-order valence-corrected chi connectivity index (χ1v) is 8.31. The fourth-order valence-corrected chi connectivity index (χ4v) is 3.97. The van der Waals surface area contributed by atoms with Gasteiger partial charge < -0.3 is 0 Å². The van der Waals surface area contributed by atoms with E-state index in [-0.39, 0.29) is 5.78 Å². The molecule has 0 amide bonds. The number of benzene rings is 1. The lowest BCUT2D eigenvalue weighted by Crippen LogP contribution is -2.11. The van der Waals surface area contributed by atoms with Crippen molar-refractivity contribution in [1.29, 1.82) is 5.41 Å². The summed E-state index contributed by atoms with van der Waals surface area (Å²) < 4.78 is 0.999. The number of hydrogen-bond donors (Lipinski definition) is 1. The Morgan fingerprint density at radius 1 is 1.30 bits per heavy atom. The number of rotatable bonds is 2. The summed E-state index contributed by atoms with van der Waals surface area (Å²) in [4.78, 5) is 17.2. The maximum atomic E-state index is 12.4. The van der Waals surface area contributed by atoms with Crippen LogP contribution in [0.1, 0.15) is 16.5 Å². The average molecular weight is 365 g/mol. The van der Waals surface area contributed by atoms with Crippen LogP contribution >= 0.6 is 39.0 Å². The molecular weight excluding hydrogens is 356 g/mol. The van der Waals surface area contributed by atoms with Crippen molar-refractivity contribution in [2.75, 3.05) is 0 Å². The number of thioether (sulfide) groups is 1. The van der Waals surface area contributed by atoms with E-state index in [1.807, 2.05) is 35.7 Å². The first kappa shape index (κ1) is 13.7. The van der Waals surface area contributed by atoms with Gasteiger partial charge in [-0.25, -0.2) is 4.98 Å². The van der Waals surface area contributed by atoms with E-state index in [1.165, 1.54) is 23.1 Å². The monoisotopic (exact) mass is 364 g/mol. The molecule has 6 heteroatoms.